The van der Waals surface area contributed by atoms with E-state index >= 15 is 0 Å². The Morgan fingerprint density at radius 3 is 1.72 bits per heavy atom. The lowest BCUT2D eigenvalue weighted by Gasteiger charge is -2.07. The molecule has 0 atom stereocenters. The summed E-state index contributed by atoms with van der Waals surface area (Å²) in [6.07, 6.45) is 3.75. The number of nitrogens with one attached hydrogen (secondary N) is 3. The van der Waals surface area contributed by atoms with Crippen molar-refractivity contribution in [1.29, 1.82) is 0 Å². The minimum absolute atomic E-state index is 0.0670. The summed E-state index contributed by atoms with van der Waals surface area (Å²) < 4.78 is 31.4. The molecule has 46 heavy (non-hydrogen) atoms. The number of allylic oxidation sites excluding steroid dienone is 3. The van der Waals surface area contributed by atoms with Crippen molar-refractivity contribution >= 4 is 44.6 Å². The molecule has 15 heteroatoms. The van der Waals surface area contributed by atoms with Crippen molar-refractivity contribution in [3.63, 3.8) is 0 Å². The van der Waals surface area contributed by atoms with Crippen LogP contribution in [0.25, 0.3) is 11.1 Å². The van der Waals surface area contributed by atoms with Crippen molar-refractivity contribution in [3.8, 4) is 11.1 Å². The van der Waals surface area contributed by atoms with Gasteiger partial charge in [0, 0.05) is 0 Å². The van der Waals surface area contributed by atoms with Gasteiger partial charge >= 0.3 is 5.97 Å². The van der Waals surface area contributed by atoms with E-state index in [4.69, 9.17) is 9.66 Å². The van der Waals surface area contributed by atoms with Crippen molar-refractivity contribution in [3.05, 3.63) is 140 Å². The summed E-state index contributed by atoms with van der Waals surface area (Å²) in [5, 5.41) is 20.7. The molecule has 230 valence electrons. The highest BCUT2D eigenvalue weighted by Gasteiger charge is 2.18. The predicted octanol–water partition coefficient (Wildman–Crippen LogP) is 1.97. The minimum Gasteiger partial charge on any atom is -0.478 e. The third-order valence-electron chi connectivity index (χ3n) is 6.44. The fourth-order valence-electron chi connectivity index (χ4n) is 4.04. The summed E-state index contributed by atoms with van der Waals surface area (Å²) in [7, 11) is -4.37. The van der Waals surface area contributed by atoms with Crippen molar-refractivity contribution in [2.75, 3.05) is 16.3 Å². The molecule has 0 aromatic heterocycles. The fourth-order valence-corrected chi connectivity index (χ4v) is 4.52. The molecule has 0 heterocycles. The van der Waals surface area contributed by atoms with Gasteiger partial charge in [-0.3, -0.25) is 35.2 Å². The van der Waals surface area contributed by atoms with E-state index in [2.05, 4.69) is 31.6 Å². The van der Waals surface area contributed by atoms with Crippen LogP contribution in [0.2, 0.25) is 0 Å². The van der Waals surface area contributed by atoms with Gasteiger partial charge in [0.15, 0.2) is 11.1 Å². The van der Waals surface area contributed by atoms with Crippen LogP contribution >= 0.6 is 0 Å². The van der Waals surface area contributed by atoms with Gasteiger partial charge in [0.2, 0.25) is 10.9 Å². The summed E-state index contributed by atoms with van der Waals surface area (Å²) in [6.45, 7) is 0. The van der Waals surface area contributed by atoms with Crippen molar-refractivity contribution in [2.45, 2.75) is 4.90 Å². The molecule has 0 bridgehead atoms. The number of hydrogen-bond donors (Lipinski definition) is 5. The smallest absolute Gasteiger partial charge is 0.339 e. The highest BCUT2D eigenvalue weighted by atomic mass is 32.2. The summed E-state index contributed by atoms with van der Waals surface area (Å²) in [5.74, 6) is -1.92. The summed E-state index contributed by atoms with van der Waals surface area (Å²) in [4.78, 5) is 47.5. The number of ketones is 1. The number of hydrogen-bond acceptors (Lipinski definition) is 12. The number of carbonyl (C=O) groups excluding carboxylic acids is 1. The predicted molar refractivity (Wildman–Crippen MR) is 169 cm³/mol. The Labute approximate surface area is 259 Å². The Bertz CT molecular complexity index is 2270. The van der Waals surface area contributed by atoms with E-state index < -0.39 is 38.1 Å². The molecule has 1 aliphatic carbocycles. The van der Waals surface area contributed by atoms with Gasteiger partial charge in [-0.1, -0.05) is 24.3 Å². The zero-order valence-corrected chi connectivity index (χ0v) is 24.2. The van der Waals surface area contributed by atoms with Gasteiger partial charge in [-0.2, -0.15) is 23.7 Å². The summed E-state index contributed by atoms with van der Waals surface area (Å²) in [6, 6.07) is 21.7. The molecule has 0 fully saturated rings. The number of carbonyl (C=O) groups is 2. The first-order chi connectivity index (χ1) is 22.0. The first-order valence-corrected chi connectivity index (χ1v) is 14.7. The Balaban J connectivity index is 1.25. The first-order valence-electron chi connectivity index (χ1n) is 13.2. The molecular weight excluding hydrogens is 616 g/mol. The summed E-state index contributed by atoms with van der Waals surface area (Å²) in [5.41, 5.74) is 9.91. The third-order valence-corrected chi connectivity index (χ3v) is 7.31. The Morgan fingerprint density at radius 2 is 1.17 bits per heavy atom. The molecule has 14 nitrogen and oxygen atoms in total. The standard InChI is InChI=1S/C31H22N6O8S/c38-27-15-11-23(17-25(27)31(41)42)35-32-20-5-1-18(2-6-20)19-3-7-21(8-4-19)33-36-26-14-16-28(39)29(30(26)40)37-34-22-9-12-24(13-10-22)46(43,44)45/h1-17,32-34H,(H,41,42)(H,43,44,45)/b35-23+,36-26+,37-29+. The molecule has 1 aliphatic rings. The minimum atomic E-state index is -4.37. The quantitative estimate of drug-likeness (QED) is 0.0773. The molecule has 0 aliphatic heterocycles. The zero-order valence-electron chi connectivity index (χ0n) is 23.4. The maximum absolute atomic E-state index is 12.8. The number of benzene rings is 4. The van der Waals surface area contributed by atoms with Crippen LogP contribution in [0.3, 0.4) is 0 Å². The summed E-state index contributed by atoms with van der Waals surface area (Å²) >= 11 is 0. The van der Waals surface area contributed by atoms with Crippen LogP contribution < -0.4 is 37.8 Å². The van der Waals surface area contributed by atoms with Gasteiger partial charge in [-0.25, -0.2) is 4.79 Å². The van der Waals surface area contributed by atoms with Crippen LogP contribution in [0, 0.1) is 0 Å². The number of hydrazone groups is 1. The van der Waals surface area contributed by atoms with Crippen LogP contribution in [0.1, 0.15) is 0 Å². The van der Waals surface area contributed by atoms with Crippen LogP contribution in [-0.4, -0.2) is 35.5 Å². The van der Waals surface area contributed by atoms with Gasteiger partial charge in [-0.05, 0) is 90.0 Å². The zero-order chi connectivity index (χ0) is 32.8. The maximum atomic E-state index is 12.8. The molecule has 5 N–H and O–H groups in total. The molecule has 0 unspecified atom stereocenters. The van der Waals surface area contributed by atoms with Gasteiger partial charge in [0.25, 0.3) is 10.1 Å². The highest BCUT2D eigenvalue weighted by Crippen LogP contribution is 2.23. The molecule has 0 saturated carbocycles. The number of nitrogens with zero attached hydrogens (tertiary/aromatic N) is 3. The second-order valence-electron chi connectivity index (χ2n) is 9.57. The van der Waals surface area contributed by atoms with Gasteiger partial charge in [-0.15, -0.1) is 0 Å². The Morgan fingerprint density at radius 1 is 0.652 bits per heavy atom. The Hall–Kier alpha value is -6.32. The molecule has 5 rings (SSSR count). The number of aliphatic carboxylic acids is 1. The monoisotopic (exact) mass is 638 g/mol. The van der Waals surface area contributed by atoms with Crippen molar-refractivity contribution in [1.82, 2.24) is 0 Å². The fraction of sp³-hybridized carbons (Fsp3) is 0. The lowest BCUT2D eigenvalue weighted by Crippen LogP contribution is -2.47. The average molecular weight is 639 g/mol. The molecule has 0 spiro atoms. The molecule has 0 radical (unpaired) electrons. The van der Waals surface area contributed by atoms with Crippen LogP contribution in [0.15, 0.2) is 139 Å². The van der Waals surface area contributed by atoms with Crippen LogP contribution in [0.5, 0.6) is 0 Å². The average Bonchev–Trinajstić information content (AvgIpc) is 3.04. The SMILES string of the molecule is O=C(O)C1=C/C(=N/Nc2ccc(-c3ccc(N/N=c4\ccc(=O)/c(=N\Nc5ccc(S(=O)(=O)O)cc5)c4=O)cc3)cc2)C=CC1=O. The third kappa shape index (κ3) is 7.42. The van der Waals surface area contributed by atoms with Crippen molar-refractivity contribution < 1.29 is 27.7 Å². The molecule has 0 saturated heterocycles. The first kappa shape index (κ1) is 31.1. The van der Waals surface area contributed by atoms with E-state index in [1.807, 2.05) is 24.3 Å². The van der Waals surface area contributed by atoms with E-state index in [0.717, 1.165) is 35.4 Å². The second-order valence-corrected chi connectivity index (χ2v) is 11.0. The number of carboxylic acids is 1. The maximum Gasteiger partial charge on any atom is 0.339 e. The van der Waals surface area contributed by atoms with E-state index in [1.165, 1.54) is 30.4 Å². The van der Waals surface area contributed by atoms with Gasteiger partial charge in [0.05, 0.1) is 27.7 Å². The molecular formula is C31H22N6O8S. The second kappa shape index (κ2) is 13.1. The lowest BCUT2D eigenvalue weighted by atomic mass is 10.0. The normalized spacial score (nSPS) is 14.7. The van der Waals surface area contributed by atoms with Gasteiger partial charge < -0.3 is 5.11 Å². The molecule has 0 amide bonds. The van der Waals surface area contributed by atoms with E-state index in [0.29, 0.717) is 11.4 Å². The molecule has 4 aromatic carbocycles. The van der Waals surface area contributed by atoms with Gasteiger partial charge in [0.1, 0.15) is 10.9 Å². The van der Waals surface area contributed by atoms with Crippen LogP contribution in [-0.2, 0) is 19.7 Å². The van der Waals surface area contributed by atoms with Crippen molar-refractivity contribution in [2.24, 2.45) is 15.3 Å². The van der Waals surface area contributed by atoms with E-state index in [-0.39, 0.29) is 27.2 Å². The Kier molecular flexibility index (Phi) is 8.88. The number of carboxylic acid groups (broad SMARTS) is 1. The number of rotatable bonds is 9. The van der Waals surface area contributed by atoms with Crippen LogP contribution in [0.4, 0.5) is 17.1 Å². The van der Waals surface area contributed by atoms with E-state index in [9.17, 15) is 27.6 Å². The largest absolute Gasteiger partial charge is 0.478 e. The topological polar surface area (TPSA) is 216 Å². The highest BCUT2D eigenvalue weighted by molar-refractivity contribution is 7.85. The number of anilines is 3. The molecule has 4 aromatic rings. The van der Waals surface area contributed by atoms with E-state index in [1.54, 1.807) is 24.3 Å². The lowest BCUT2D eigenvalue weighted by molar-refractivity contribution is -0.134.